The minimum Gasteiger partial charge on any atom is -0.450 e. The molecule has 0 aliphatic heterocycles. The SMILES string of the molecule is FC=C(F)F.O=C(O)O. The fourth-order valence-electron chi connectivity index (χ4n) is 0. The van der Waals surface area contributed by atoms with Crippen LogP contribution in [0.15, 0.2) is 12.4 Å². The largest absolute Gasteiger partial charge is 0.503 e. The Kier molecular flexibility index (Phi) is 8.10. The van der Waals surface area contributed by atoms with E-state index >= 15 is 0 Å². The van der Waals surface area contributed by atoms with Crippen molar-refractivity contribution in [2.45, 2.75) is 0 Å². The minimum atomic E-state index is -2.29. The molecule has 0 aromatic heterocycles. The van der Waals surface area contributed by atoms with E-state index in [1.807, 2.05) is 0 Å². The van der Waals surface area contributed by atoms with Crippen LogP contribution < -0.4 is 0 Å². The van der Waals surface area contributed by atoms with Gasteiger partial charge in [-0.25, -0.2) is 9.18 Å². The van der Waals surface area contributed by atoms with Gasteiger partial charge in [0.05, 0.1) is 0 Å². The third-order valence-electron chi connectivity index (χ3n) is 0.0825. The Morgan fingerprint density at radius 2 is 1.44 bits per heavy atom. The van der Waals surface area contributed by atoms with Crippen LogP contribution in [0.25, 0.3) is 0 Å². The lowest BCUT2D eigenvalue weighted by Crippen LogP contribution is -1.81. The first-order valence-electron chi connectivity index (χ1n) is 1.54. The van der Waals surface area contributed by atoms with Crippen LogP contribution in [0.1, 0.15) is 0 Å². The summed E-state index contributed by atoms with van der Waals surface area (Å²) in [5.74, 6) is 0. The van der Waals surface area contributed by atoms with E-state index in [2.05, 4.69) is 0 Å². The van der Waals surface area contributed by atoms with Crippen LogP contribution in [0.3, 0.4) is 0 Å². The van der Waals surface area contributed by atoms with E-state index in [4.69, 9.17) is 15.0 Å². The number of rotatable bonds is 0. The van der Waals surface area contributed by atoms with Crippen LogP contribution in [0.5, 0.6) is 0 Å². The molecule has 2 N–H and O–H groups in total. The monoisotopic (exact) mass is 144 g/mol. The summed E-state index contributed by atoms with van der Waals surface area (Å²) in [5.41, 5.74) is 0. The van der Waals surface area contributed by atoms with Gasteiger partial charge in [-0.15, -0.1) is 0 Å². The Balaban J connectivity index is 0. The molecule has 0 rings (SSSR count). The maximum absolute atomic E-state index is 10.2. The van der Waals surface area contributed by atoms with Crippen molar-refractivity contribution in [3.8, 4) is 0 Å². The predicted octanol–water partition coefficient (Wildman–Crippen LogP) is 1.92. The van der Waals surface area contributed by atoms with Gasteiger partial charge in [-0.1, -0.05) is 0 Å². The van der Waals surface area contributed by atoms with Gasteiger partial charge in [0.25, 0.3) is 6.08 Å². The standard InChI is InChI=1S/C2HF3.CH2O3/c3-1-2(4)5;2-1(3)4/h1H;(H2,2,3,4). The Labute approximate surface area is 48.0 Å². The van der Waals surface area contributed by atoms with Gasteiger partial charge >= 0.3 is 6.16 Å². The molecule has 0 fully saturated rings. The van der Waals surface area contributed by atoms with Gasteiger partial charge in [-0.05, 0) is 0 Å². The highest BCUT2D eigenvalue weighted by Crippen LogP contribution is 1.93. The molecular formula is C3H3F3O3. The molecule has 0 aliphatic rings. The summed E-state index contributed by atoms with van der Waals surface area (Å²) in [5, 5.41) is 13.9. The maximum atomic E-state index is 10.2. The minimum absolute atomic E-state index is 0.750. The third kappa shape index (κ3) is 245. The molecule has 0 heterocycles. The predicted molar refractivity (Wildman–Crippen MR) is 22.1 cm³/mol. The van der Waals surface area contributed by atoms with Crippen molar-refractivity contribution in [1.82, 2.24) is 0 Å². The maximum Gasteiger partial charge on any atom is 0.503 e. The molecule has 0 radical (unpaired) electrons. The van der Waals surface area contributed by atoms with Crippen molar-refractivity contribution in [1.29, 1.82) is 0 Å². The van der Waals surface area contributed by atoms with Gasteiger partial charge in [-0.3, -0.25) is 0 Å². The van der Waals surface area contributed by atoms with E-state index in [0.717, 1.165) is 0 Å². The van der Waals surface area contributed by atoms with E-state index in [1.165, 1.54) is 0 Å². The molecule has 0 saturated heterocycles. The van der Waals surface area contributed by atoms with Crippen molar-refractivity contribution >= 4 is 6.16 Å². The zero-order valence-corrected chi connectivity index (χ0v) is 4.01. The van der Waals surface area contributed by atoms with Gasteiger partial charge in [0.15, 0.2) is 6.33 Å². The highest BCUT2D eigenvalue weighted by Gasteiger charge is 1.78. The molecule has 0 spiro atoms. The molecule has 6 heteroatoms. The molecule has 54 valence electrons. The van der Waals surface area contributed by atoms with E-state index in [0.29, 0.717) is 0 Å². The van der Waals surface area contributed by atoms with Crippen LogP contribution in [0.4, 0.5) is 18.0 Å². The Hall–Kier alpha value is -1.20. The fourth-order valence-corrected chi connectivity index (χ4v) is 0. The summed E-state index contributed by atoms with van der Waals surface area (Å²) in [6.07, 6.45) is -4.87. The van der Waals surface area contributed by atoms with Gasteiger partial charge in [0.1, 0.15) is 0 Å². The number of carboxylic acid groups (broad SMARTS) is 2. The number of carbonyl (C=O) groups is 1. The lowest BCUT2D eigenvalue weighted by atomic mass is 11.1. The van der Waals surface area contributed by atoms with Gasteiger partial charge in [0, 0.05) is 0 Å². The van der Waals surface area contributed by atoms with Gasteiger partial charge in [-0.2, -0.15) is 8.78 Å². The number of hydrogen-bond acceptors (Lipinski definition) is 1. The fraction of sp³-hybridized carbons (Fsp3) is 0. The van der Waals surface area contributed by atoms with Crippen LogP contribution in [0.2, 0.25) is 0 Å². The highest BCUT2D eigenvalue weighted by atomic mass is 19.3. The molecule has 0 bridgehead atoms. The first-order valence-corrected chi connectivity index (χ1v) is 1.54. The summed E-state index contributed by atoms with van der Waals surface area (Å²) >= 11 is 0. The summed E-state index contributed by atoms with van der Waals surface area (Å²) in [4.78, 5) is 8.56. The topological polar surface area (TPSA) is 57.5 Å². The van der Waals surface area contributed by atoms with Crippen molar-refractivity contribution < 1.29 is 28.2 Å². The summed E-state index contributed by atoms with van der Waals surface area (Å²) in [6, 6.07) is 0. The first-order chi connectivity index (χ1) is 4.00. The molecule has 0 amide bonds. The third-order valence-corrected chi connectivity index (χ3v) is 0.0825. The van der Waals surface area contributed by atoms with E-state index in [1.54, 1.807) is 0 Å². The van der Waals surface area contributed by atoms with Gasteiger partial charge < -0.3 is 10.2 Å². The normalized spacial score (nSPS) is 6.56. The van der Waals surface area contributed by atoms with Crippen LogP contribution >= 0.6 is 0 Å². The summed E-state index contributed by atoms with van der Waals surface area (Å²) in [6.45, 7) is 0. The van der Waals surface area contributed by atoms with E-state index in [9.17, 15) is 13.2 Å². The lowest BCUT2D eigenvalue weighted by molar-refractivity contribution is 0.137. The zero-order chi connectivity index (χ0) is 7.86. The van der Waals surface area contributed by atoms with Crippen LogP contribution in [-0.4, -0.2) is 16.4 Å². The number of halogens is 3. The smallest absolute Gasteiger partial charge is 0.450 e. The molecule has 3 nitrogen and oxygen atoms in total. The molecule has 0 saturated carbocycles. The van der Waals surface area contributed by atoms with Crippen molar-refractivity contribution in [2.75, 3.05) is 0 Å². The van der Waals surface area contributed by atoms with E-state index in [-0.39, 0.29) is 0 Å². The second-order valence-corrected chi connectivity index (χ2v) is 0.681. The second-order valence-electron chi connectivity index (χ2n) is 0.681. The zero-order valence-electron chi connectivity index (χ0n) is 4.01. The Bertz CT molecular complexity index is 103. The van der Waals surface area contributed by atoms with Crippen LogP contribution in [-0.2, 0) is 0 Å². The average Bonchev–Trinajstić information content (AvgIpc) is 1.65. The highest BCUT2D eigenvalue weighted by molar-refractivity contribution is 5.53. The quantitative estimate of drug-likeness (QED) is 0.545. The Morgan fingerprint density at radius 1 is 1.33 bits per heavy atom. The molecule has 0 unspecified atom stereocenters. The Morgan fingerprint density at radius 3 is 1.44 bits per heavy atom. The van der Waals surface area contributed by atoms with Crippen molar-refractivity contribution in [2.24, 2.45) is 0 Å². The van der Waals surface area contributed by atoms with Crippen molar-refractivity contribution in [3.63, 3.8) is 0 Å². The van der Waals surface area contributed by atoms with Gasteiger partial charge in [0.2, 0.25) is 0 Å². The molecule has 0 aliphatic carbocycles. The molecule has 9 heavy (non-hydrogen) atoms. The number of hydrogen-bond donors (Lipinski definition) is 2. The second kappa shape index (κ2) is 6.80. The van der Waals surface area contributed by atoms with Crippen LogP contribution in [0, 0.1) is 0 Å². The molecule has 0 atom stereocenters. The average molecular weight is 144 g/mol. The van der Waals surface area contributed by atoms with E-state index < -0.39 is 18.6 Å². The molecular weight excluding hydrogens is 141 g/mol. The molecule has 0 aromatic carbocycles. The molecule has 0 aromatic rings. The summed E-state index contributed by atoms with van der Waals surface area (Å²) < 4.78 is 30.7. The lowest BCUT2D eigenvalue weighted by Gasteiger charge is -1.60. The first kappa shape index (κ1) is 10.7. The van der Waals surface area contributed by atoms with Crippen molar-refractivity contribution in [3.05, 3.63) is 12.4 Å². The summed E-state index contributed by atoms with van der Waals surface area (Å²) in [7, 11) is 0.